The van der Waals surface area contributed by atoms with Crippen molar-refractivity contribution >= 4 is 11.9 Å². The third kappa shape index (κ3) is 5.83. The highest BCUT2D eigenvalue weighted by atomic mass is 19.4. The first kappa shape index (κ1) is 23.7. The number of halogens is 3. The number of carbonyl (C=O) groups is 1. The van der Waals surface area contributed by atoms with Gasteiger partial charge in [-0.2, -0.15) is 13.2 Å². The van der Waals surface area contributed by atoms with Crippen LogP contribution in [0.15, 0.2) is 18.3 Å². The molecule has 3 unspecified atom stereocenters. The Morgan fingerprint density at radius 3 is 2.61 bits per heavy atom. The van der Waals surface area contributed by atoms with Gasteiger partial charge in [0, 0.05) is 6.20 Å². The molecule has 2 saturated carbocycles. The Hall–Kier alpha value is -1.99. The summed E-state index contributed by atoms with van der Waals surface area (Å²) in [5.41, 5.74) is -1.29. The van der Waals surface area contributed by atoms with E-state index in [0.29, 0.717) is 23.6 Å². The number of hydrogen-bond acceptors (Lipinski definition) is 4. The quantitative estimate of drug-likeness (QED) is 0.587. The van der Waals surface area contributed by atoms with Crippen LogP contribution in [0.25, 0.3) is 0 Å². The van der Waals surface area contributed by atoms with Crippen LogP contribution in [0.3, 0.4) is 0 Å². The molecule has 8 heteroatoms. The highest BCUT2D eigenvalue weighted by Gasteiger charge is 2.41. The number of amides is 1. The van der Waals surface area contributed by atoms with Crippen LogP contribution in [0.4, 0.5) is 23.8 Å². The lowest BCUT2D eigenvalue weighted by Gasteiger charge is -2.38. The van der Waals surface area contributed by atoms with Crippen LogP contribution in [0, 0.1) is 17.8 Å². The summed E-state index contributed by atoms with van der Waals surface area (Å²) in [5, 5.41) is 6.26. The Morgan fingerprint density at radius 1 is 1.26 bits per heavy atom. The summed E-state index contributed by atoms with van der Waals surface area (Å²) in [6.07, 6.45) is 1.47. The maximum atomic E-state index is 12.8. The average Bonchev–Trinajstić information content (AvgIpc) is 3.01. The number of nitrogens with zero attached hydrogens (tertiary/aromatic N) is 1. The van der Waals surface area contributed by atoms with Gasteiger partial charge < -0.3 is 15.4 Å². The van der Waals surface area contributed by atoms with Gasteiger partial charge in [-0.3, -0.25) is 0 Å². The fraction of sp³-hybridized carbons (Fsp3) is 0.739. The molecule has 3 rings (SSSR count). The fourth-order valence-electron chi connectivity index (χ4n) is 5.04. The molecule has 2 aliphatic carbocycles. The smallest absolute Gasteiger partial charge is 0.417 e. The van der Waals surface area contributed by atoms with Gasteiger partial charge in [0.05, 0.1) is 17.1 Å². The molecule has 0 aliphatic heterocycles. The van der Waals surface area contributed by atoms with E-state index in [1.54, 1.807) is 0 Å². The molecule has 1 aromatic rings. The van der Waals surface area contributed by atoms with Gasteiger partial charge in [-0.05, 0) is 68.9 Å². The molecule has 0 spiro atoms. The largest absolute Gasteiger partial charge is 0.446 e. The molecule has 174 valence electrons. The van der Waals surface area contributed by atoms with E-state index < -0.39 is 23.4 Å². The third-order valence-corrected chi connectivity index (χ3v) is 6.97. The zero-order valence-electron chi connectivity index (χ0n) is 18.8. The molecule has 2 aliphatic rings. The second kappa shape index (κ2) is 9.25. The van der Waals surface area contributed by atoms with Gasteiger partial charge in [-0.25, -0.2) is 9.78 Å². The Balaban J connectivity index is 1.62. The molecule has 5 nitrogen and oxygen atoms in total. The summed E-state index contributed by atoms with van der Waals surface area (Å²) < 4.78 is 44.2. The summed E-state index contributed by atoms with van der Waals surface area (Å²) in [7, 11) is 0. The molecular weight excluding hydrogens is 407 g/mol. The molecule has 0 aromatic carbocycles. The van der Waals surface area contributed by atoms with Crippen LogP contribution in [0.5, 0.6) is 0 Å². The number of nitrogens with one attached hydrogen (secondary N) is 2. The summed E-state index contributed by atoms with van der Waals surface area (Å²) in [6, 6.07) is 2.15. The van der Waals surface area contributed by atoms with E-state index >= 15 is 0 Å². The van der Waals surface area contributed by atoms with Crippen LogP contribution in [-0.2, 0) is 10.9 Å². The summed E-state index contributed by atoms with van der Waals surface area (Å²) in [4.78, 5) is 16.7. The third-order valence-electron chi connectivity index (χ3n) is 6.97. The number of hydrogen-bond donors (Lipinski definition) is 2. The van der Waals surface area contributed by atoms with Crippen molar-refractivity contribution in [2.45, 2.75) is 90.1 Å². The van der Waals surface area contributed by atoms with E-state index in [9.17, 15) is 18.0 Å². The number of aromatic nitrogens is 1. The molecular formula is C23H34F3N3O2. The van der Waals surface area contributed by atoms with Gasteiger partial charge in [0.25, 0.3) is 0 Å². The monoisotopic (exact) mass is 441 g/mol. The molecule has 2 N–H and O–H groups in total. The van der Waals surface area contributed by atoms with Crippen molar-refractivity contribution in [2.24, 2.45) is 17.8 Å². The molecule has 0 bridgehead atoms. The topological polar surface area (TPSA) is 63.2 Å². The Bertz CT molecular complexity index is 753. The first-order chi connectivity index (χ1) is 14.5. The van der Waals surface area contributed by atoms with Crippen molar-refractivity contribution in [3.05, 3.63) is 23.9 Å². The number of pyridine rings is 1. The van der Waals surface area contributed by atoms with Gasteiger partial charge >= 0.3 is 12.3 Å². The van der Waals surface area contributed by atoms with Crippen LogP contribution in [0.1, 0.15) is 71.8 Å². The average molecular weight is 442 g/mol. The van der Waals surface area contributed by atoms with Gasteiger partial charge in [0.1, 0.15) is 11.9 Å². The van der Waals surface area contributed by atoms with E-state index in [1.807, 2.05) is 6.92 Å². The molecule has 1 heterocycles. The number of rotatable bonds is 5. The Kier molecular flexibility index (Phi) is 7.06. The second-order valence-electron chi connectivity index (χ2n) is 9.83. The molecule has 5 atom stereocenters. The molecule has 1 aromatic heterocycles. The number of ether oxygens (including phenoxy) is 1. The van der Waals surface area contributed by atoms with Gasteiger partial charge in [0.15, 0.2) is 0 Å². The number of carbonyl (C=O) groups excluding carboxylic acids is 1. The lowest BCUT2D eigenvalue weighted by atomic mass is 9.75. The van der Waals surface area contributed by atoms with Crippen LogP contribution >= 0.6 is 0 Å². The van der Waals surface area contributed by atoms with E-state index in [2.05, 4.69) is 36.4 Å². The highest BCUT2D eigenvalue weighted by molar-refractivity contribution is 5.68. The highest BCUT2D eigenvalue weighted by Crippen LogP contribution is 2.37. The molecule has 2 fully saturated rings. The summed E-state index contributed by atoms with van der Waals surface area (Å²) in [6.45, 7) is 8.50. The first-order valence-corrected chi connectivity index (χ1v) is 11.3. The van der Waals surface area contributed by atoms with Crippen molar-refractivity contribution in [1.82, 2.24) is 10.3 Å². The van der Waals surface area contributed by atoms with Crippen molar-refractivity contribution in [2.75, 3.05) is 5.32 Å². The maximum Gasteiger partial charge on any atom is 0.417 e. The first-order valence-electron chi connectivity index (χ1n) is 11.3. The van der Waals surface area contributed by atoms with Gasteiger partial charge in [-0.15, -0.1) is 0 Å². The van der Waals surface area contributed by atoms with Gasteiger partial charge in [0.2, 0.25) is 0 Å². The van der Waals surface area contributed by atoms with E-state index in [-0.39, 0.29) is 12.1 Å². The fourth-order valence-corrected chi connectivity index (χ4v) is 5.04. The molecule has 0 saturated heterocycles. The predicted molar refractivity (Wildman–Crippen MR) is 114 cm³/mol. The Labute approximate surface area is 182 Å². The molecule has 0 radical (unpaired) electrons. The van der Waals surface area contributed by atoms with Gasteiger partial charge in [-0.1, -0.05) is 27.2 Å². The van der Waals surface area contributed by atoms with E-state index in [4.69, 9.17) is 4.74 Å². The minimum atomic E-state index is -4.42. The van der Waals surface area contributed by atoms with Crippen molar-refractivity contribution in [1.29, 1.82) is 0 Å². The van der Waals surface area contributed by atoms with Crippen molar-refractivity contribution < 1.29 is 22.7 Å². The molecule has 31 heavy (non-hydrogen) atoms. The minimum Gasteiger partial charge on any atom is -0.446 e. The maximum absolute atomic E-state index is 12.8. The second-order valence-corrected chi connectivity index (χ2v) is 9.83. The zero-order valence-corrected chi connectivity index (χ0v) is 18.8. The normalized spacial score (nSPS) is 31.5. The van der Waals surface area contributed by atoms with Crippen LogP contribution in [0.2, 0.25) is 0 Å². The summed E-state index contributed by atoms with van der Waals surface area (Å²) >= 11 is 0. The number of anilines is 1. The van der Waals surface area contributed by atoms with Crippen LogP contribution < -0.4 is 10.6 Å². The lowest BCUT2D eigenvalue weighted by Crippen LogP contribution is -2.53. The zero-order chi connectivity index (χ0) is 22.8. The van der Waals surface area contributed by atoms with Crippen molar-refractivity contribution in [3.8, 4) is 0 Å². The number of alkyl halides is 3. The predicted octanol–water partition coefficient (Wildman–Crippen LogP) is 6.01. The SMILES string of the molecule is CC(C)[C@H]1CC[C@@H](C)CC1OC(=O)NC1CCCC1(C)Nc1ccc(C(F)(F)F)cn1. The Morgan fingerprint density at radius 2 is 2.00 bits per heavy atom. The standard InChI is InChI=1S/C23H34F3N3O2/c1-14(2)17-9-7-15(3)12-18(17)31-21(30)28-19-6-5-11-22(19,4)29-20-10-8-16(13-27-20)23(24,25)26/h8,10,13-15,17-19H,5-7,9,11-12H2,1-4H3,(H,27,29)(H,28,30)/t15-,17-,18?,19?,22?/m1/s1. The minimum absolute atomic E-state index is 0.0825. The summed E-state index contributed by atoms with van der Waals surface area (Å²) in [5.74, 6) is 1.72. The lowest BCUT2D eigenvalue weighted by molar-refractivity contribution is -0.137. The van der Waals surface area contributed by atoms with Crippen LogP contribution in [-0.4, -0.2) is 28.8 Å². The molecule has 1 amide bonds. The number of alkyl carbamates (subject to hydrolysis) is 1. The van der Waals surface area contributed by atoms with Crippen molar-refractivity contribution in [3.63, 3.8) is 0 Å². The van der Waals surface area contributed by atoms with E-state index in [1.165, 1.54) is 6.07 Å². The van der Waals surface area contributed by atoms with E-state index in [0.717, 1.165) is 50.8 Å².